The first-order valence-corrected chi connectivity index (χ1v) is 12.7. The average Bonchev–Trinajstić information content (AvgIpc) is 2.82. The Hall–Kier alpha value is -2.60. The lowest BCUT2D eigenvalue weighted by Crippen LogP contribution is -2.30. The number of aliphatic hydroxyl groups is 2. The van der Waals surface area contributed by atoms with Crippen molar-refractivity contribution in [3.63, 3.8) is 0 Å². The van der Waals surface area contributed by atoms with Gasteiger partial charge < -0.3 is 10.2 Å². The summed E-state index contributed by atoms with van der Waals surface area (Å²) in [5.74, 6) is 0. The van der Waals surface area contributed by atoms with E-state index in [0.29, 0.717) is 11.1 Å². The van der Waals surface area contributed by atoms with Crippen molar-refractivity contribution in [1.82, 2.24) is 9.44 Å². The Balaban J connectivity index is 1.69. The molecule has 0 heterocycles. The van der Waals surface area contributed by atoms with Crippen LogP contribution in [0.25, 0.3) is 0 Å². The Kier molecular flexibility index (Phi) is 7.77. The van der Waals surface area contributed by atoms with Crippen LogP contribution in [0.3, 0.4) is 0 Å². The summed E-state index contributed by atoms with van der Waals surface area (Å²) in [6.45, 7) is -0.546. The molecule has 0 saturated carbocycles. The fraction of sp³-hybridized carbons (Fsp3) is 0.182. The largest absolute Gasteiger partial charge is 0.387 e. The molecule has 170 valence electrons. The summed E-state index contributed by atoms with van der Waals surface area (Å²) in [6.07, 6.45) is -2.11. The Labute approximate surface area is 187 Å². The SMILES string of the molecule is O=S(=O)(NC[C@H](O)c1ccccc1)c1cccc(S(=O)(=O)NC[C@H](O)c2ccccc2)c1. The number of nitrogens with one attached hydrogen (secondary N) is 2. The van der Waals surface area contributed by atoms with E-state index in [2.05, 4.69) is 9.44 Å². The zero-order valence-electron chi connectivity index (χ0n) is 17.0. The van der Waals surface area contributed by atoms with Crippen LogP contribution in [0.15, 0.2) is 94.7 Å². The first-order chi connectivity index (χ1) is 15.2. The van der Waals surface area contributed by atoms with Gasteiger partial charge in [-0.1, -0.05) is 66.7 Å². The summed E-state index contributed by atoms with van der Waals surface area (Å²) in [5, 5.41) is 20.3. The molecule has 0 unspecified atom stereocenters. The van der Waals surface area contributed by atoms with Gasteiger partial charge in [-0.15, -0.1) is 0 Å². The summed E-state index contributed by atoms with van der Waals surface area (Å²) < 4.78 is 55.1. The van der Waals surface area contributed by atoms with Crippen molar-refractivity contribution in [1.29, 1.82) is 0 Å². The van der Waals surface area contributed by atoms with Crippen LogP contribution in [-0.4, -0.2) is 40.1 Å². The molecule has 0 aromatic heterocycles. The third-order valence-corrected chi connectivity index (χ3v) is 7.57. The molecule has 0 aliphatic heterocycles. The highest BCUT2D eigenvalue weighted by Crippen LogP contribution is 2.18. The Morgan fingerprint density at radius 1 is 0.594 bits per heavy atom. The molecular weight excluding hydrogens is 452 g/mol. The molecule has 0 fully saturated rings. The fourth-order valence-electron chi connectivity index (χ4n) is 2.94. The second-order valence-corrected chi connectivity index (χ2v) is 10.6. The van der Waals surface area contributed by atoms with E-state index in [0.717, 1.165) is 6.07 Å². The van der Waals surface area contributed by atoms with E-state index in [-0.39, 0.29) is 22.9 Å². The minimum absolute atomic E-state index is 0.260. The van der Waals surface area contributed by atoms with Gasteiger partial charge in [-0.3, -0.25) is 0 Å². The number of hydrogen-bond donors (Lipinski definition) is 4. The van der Waals surface area contributed by atoms with Crippen molar-refractivity contribution >= 4 is 20.0 Å². The summed E-state index contributed by atoms with van der Waals surface area (Å²) in [7, 11) is -8.14. The second-order valence-electron chi connectivity index (χ2n) is 7.03. The van der Waals surface area contributed by atoms with Crippen LogP contribution < -0.4 is 9.44 Å². The summed E-state index contributed by atoms with van der Waals surface area (Å²) >= 11 is 0. The van der Waals surface area contributed by atoms with Gasteiger partial charge in [-0.05, 0) is 29.3 Å². The molecule has 0 spiro atoms. The number of hydrogen-bond acceptors (Lipinski definition) is 6. The molecule has 0 radical (unpaired) electrons. The van der Waals surface area contributed by atoms with Crippen molar-refractivity contribution in [2.24, 2.45) is 0 Å². The van der Waals surface area contributed by atoms with Crippen LogP contribution in [0.4, 0.5) is 0 Å². The lowest BCUT2D eigenvalue weighted by molar-refractivity contribution is 0.182. The lowest BCUT2D eigenvalue weighted by atomic mass is 10.1. The minimum atomic E-state index is -4.07. The molecule has 0 saturated heterocycles. The lowest BCUT2D eigenvalue weighted by Gasteiger charge is -2.14. The molecule has 0 bridgehead atoms. The monoisotopic (exact) mass is 476 g/mol. The highest BCUT2D eigenvalue weighted by atomic mass is 32.2. The molecule has 0 aliphatic carbocycles. The first-order valence-electron chi connectivity index (χ1n) is 9.74. The fourth-order valence-corrected chi connectivity index (χ4v) is 5.18. The number of benzene rings is 3. The van der Waals surface area contributed by atoms with Gasteiger partial charge in [0.15, 0.2) is 0 Å². The van der Waals surface area contributed by atoms with Gasteiger partial charge in [0, 0.05) is 13.1 Å². The van der Waals surface area contributed by atoms with Gasteiger partial charge in [0.05, 0.1) is 22.0 Å². The van der Waals surface area contributed by atoms with Gasteiger partial charge in [0.1, 0.15) is 0 Å². The maximum absolute atomic E-state index is 12.6. The maximum atomic E-state index is 12.6. The molecule has 3 rings (SSSR count). The number of aliphatic hydroxyl groups excluding tert-OH is 2. The Morgan fingerprint density at radius 2 is 0.969 bits per heavy atom. The Morgan fingerprint density at radius 3 is 1.34 bits per heavy atom. The average molecular weight is 477 g/mol. The van der Waals surface area contributed by atoms with E-state index in [9.17, 15) is 27.0 Å². The van der Waals surface area contributed by atoms with Gasteiger partial charge in [-0.2, -0.15) is 0 Å². The van der Waals surface area contributed by atoms with E-state index >= 15 is 0 Å². The molecule has 0 amide bonds. The zero-order chi connectivity index (χ0) is 23.2. The summed E-state index contributed by atoms with van der Waals surface area (Å²) in [4.78, 5) is -0.520. The van der Waals surface area contributed by atoms with Crippen molar-refractivity contribution in [2.75, 3.05) is 13.1 Å². The van der Waals surface area contributed by atoms with Crippen LogP contribution in [0.5, 0.6) is 0 Å². The highest BCUT2D eigenvalue weighted by molar-refractivity contribution is 7.90. The van der Waals surface area contributed by atoms with Crippen LogP contribution in [0.1, 0.15) is 23.3 Å². The van der Waals surface area contributed by atoms with E-state index in [1.54, 1.807) is 60.7 Å². The molecule has 4 N–H and O–H groups in total. The molecular formula is C22H24N2O6S2. The second kappa shape index (κ2) is 10.3. The molecule has 0 aliphatic rings. The third-order valence-electron chi connectivity index (χ3n) is 4.73. The van der Waals surface area contributed by atoms with E-state index < -0.39 is 32.3 Å². The van der Waals surface area contributed by atoms with Crippen molar-refractivity contribution in [3.05, 3.63) is 96.1 Å². The third kappa shape index (κ3) is 6.22. The van der Waals surface area contributed by atoms with Crippen LogP contribution in [0.2, 0.25) is 0 Å². The smallest absolute Gasteiger partial charge is 0.240 e. The van der Waals surface area contributed by atoms with Crippen molar-refractivity contribution < 1.29 is 27.0 Å². The molecule has 3 aromatic rings. The van der Waals surface area contributed by atoms with Crippen molar-refractivity contribution in [3.8, 4) is 0 Å². The molecule has 8 nitrogen and oxygen atoms in total. The predicted molar refractivity (Wildman–Crippen MR) is 120 cm³/mol. The van der Waals surface area contributed by atoms with Crippen molar-refractivity contribution in [2.45, 2.75) is 22.0 Å². The number of rotatable bonds is 10. The summed E-state index contributed by atoms with van der Waals surface area (Å²) in [5.41, 5.74) is 1.10. The van der Waals surface area contributed by atoms with E-state index in [4.69, 9.17) is 0 Å². The van der Waals surface area contributed by atoms with Crippen LogP contribution in [-0.2, 0) is 20.0 Å². The van der Waals surface area contributed by atoms with Gasteiger partial charge >= 0.3 is 0 Å². The minimum Gasteiger partial charge on any atom is -0.387 e. The summed E-state index contributed by atoms with van der Waals surface area (Å²) in [6, 6.07) is 22.0. The standard InChI is InChI=1S/C22H24N2O6S2/c25-21(17-8-3-1-4-9-17)15-23-31(27,28)19-12-7-13-20(14-19)32(29,30)24-16-22(26)18-10-5-2-6-11-18/h1-14,21-26H,15-16H2/t21-,22-/m0/s1. The number of sulfonamides is 2. The molecule has 2 atom stereocenters. The van der Waals surface area contributed by atoms with Crippen LogP contribution >= 0.6 is 0 Å². The van der Waals surface area contributed by atoms with Gasteiger partial charge in [0.25, 0.3) is 0 Å². The van der Waals surface area contributed by atoms with Gasteiger partial charge in [0.2, 0.25) is 20.0 Å². The first kappa shape index (κ1) is 24.1. The predicted octanol–water partition coefficient (Wildman–Crippen LogP) is 1.71. The highest BCUT2D eigenvalue weighted by Gasteiger charge is 2.21. The Bertz CT molecular complexity index is 1140. The topological polar surface area (TPSA) is 133 Å². The van der Waals surface area contributed by atoms with E-state index in [1.165, 1.54) is 18.2 Å². The maximum Gasteiger partial charge on any atom is 0.240 e. The molecule has 10 heteroatoms. The normalized spacial score (nSPS) is 14.1. The van der Waals surface area contributed by atoms with E-state index in [1.807, 2.05) is 0 Å². The molecule has 3 aromatic carbocycles. The zero-order valence-corrected chi connectivity index (χ0v) is 18.6. The quantitative estimate of drug-likeness (QED) is 0.352. The molecule has 32 heavy (non-hydrogen) atoms. The van der Waals surface area contributed by atoms with Gasteiger partial charge in [-0.25, -0.2) is 26.3 Å². The van der Waals surface area contributed by atoms with Crippen LogP contribution in [0, 0.1) is 0 Å².